The zero-order valence-electron chi connectivity index (χ0n) is 12.2. The van der Waals surface area contributed by atoms with Crippen molar-refractivity contribution in [1.29, 1.82) is 0 Å². The van der Waals surface area contributed by atoms with Crippen LogP contribution in [0.5, 0.6) is 0 Å². The monoisotopic (exact) mass is 287 g/mol. The molecule has 0 aromatic heterocycles. The van der Waals surface area contributed by atoms with Crippen LogP contribution in [-0.2, 0) is 19.1 Å². The van der Waals surface area contributed by atoms with Crippen LogP contribution >= 0.6 is 0 Å². The highest BCUT2D eigenvalue weighted by Crippen LogP contribution is 2.26. The number of amides is 1. The molecule has 0 radical (unpaired) electrons. The van der Waals surface area contributed by atoms with E-state index < -0.39 is 35.6 Å². The van der Waals surface area contributed by atoms with Gasteiger partial charge in [0.05, 0.1) is 13.0 Å². The van der Waals surface area contributed by atoms with Gasteiger partial charge in [-0.1, -0.05) is 0 Å². The standard InChI is InChI=1S/C13H21NO6/c1-13(2,3)20-12(18)14-6-5-8(10(15)16)7-9(14)11(17)19-4/h8-9H,5-7H2,1-4H3,(H,15,16). The number of rotatable bonds is 2. The van der Waals surface area contributed by atoms with Gasteiger partial charge in [-0.15, -0.1) is 0 Å². The van der Waals surface area contributed by atoms with Crippen molar-refractivity contribution in [2.75, 3.05) is 13.7 Å². The number of carbonyl (C=O) groups excluding carboxylic acids is 2. The third-order valence-corrected chi connectivity index (χ3v) is 3.05. The number of ether oxygens (including phenoxy) is 2. The topological polar surface area (TPSA) is 93.1 Å². The van der Waals surface area contributed by atoms with Crippen molar-refractivity contribution in [2.24, 2.45) is 5.92 Å². The van der Waals surface area contributed by atoms with E-state index in [-0.39, 0.29) is 13.0 Å². The van der Waals surface area contributed by atoms with Crippen molar-refractivity contribution in [3.05, 3.63) is 0 Å². The van der Waals surface area contributed by atoms with Crippen LogP contribution in [0.25, 0.3) is 0 Å². The van der Waals surface area contributed by atoms with Crippen LogP contribution in [0.2, 0.25) is 0 Å². The molecule has 1 heterocycles. The Morgan fingerprint density at radius 3 is 2.30 bits per heavy atom. The van der Waals surface area contributed by atoms with Crippen molar-refractivity contribution in [1.82, 2.24) is 4.90 Å². The van der Waals surface area contributed by atoms with Crippen LogP contribution in [0.4, 0.5) is 4.79 Å². The van der Waals surface area contributed by atoms with E-state index in [1.807, 2.05) is 0 Å². The molecule has 114 valence electrons. The minimum absolute atomic E-state index is 0.0429. The minimum atomic E-state index is -0.970. The summed E-state index contributed by atoms with van der Waals surface area (Å²) in [5, 5.41) is 9.04. The zero-order chi connectivity index (χ0) is 15.5. The molecule has 0 aliphatic carbocycles. The quantitative estimate of drug-likeness (QED) is 0.768. The molecule has 0 aromatic rings. The Morgan fingerprint density at radius 2 is 1.85 bits per heavy atom. The molecular formula is C13H21NO6. The highest BCUT2D eigenvalue weighted by atomic mass is 16.6. The summed E-state index contributed by atoms with van der Waals surface area (Å²) >= 11 is 0. The maximum atomic E-state index is 12.1. The normalized spacial score (nSPS) is 23.1. The number of carbonyl (C=O) groups is 3. The molecule has 1 aliphatic rings. The van der Waals surface area contributed by atoms with Gasteiger partial charge in [-0.05, 0) is 33.6 Å². The molecule has 0 aromatic carbocycles. The maximum Gasteiger partial charge on any atom is 0.411 e. The fourth-order valence-corrected chi connectivity index (χ4v) is 2.09. The molecular weight excluding hydrogens is 266 g/mol. The Kier molecular flexibility index (Phi) is 4.97. The molecule has 1 saturated heterocycles. The lowest BCUT2D eigenvalue weighted by Gasteiger charge is -2.37. The van der Waals surface area contributed by atoms with Crippen LogP contribution in [0.1, 0.15) is 33.6 Å². The number of carboxylic acids is 1. The third kappa shape index (κ3) is 4.11. The first-order valence-corrected chi connectivity index (χ1v) is 6.46. The molecule has 0 spiro atoms. The van der Waals surface area contributed by atoms with Gasteiger partial charge in [-0.25, -0.2) is 9.59 Å². The number of esters is 1. The second-order valence-electron chi connectivity index (χ2n) is 5.77. The SMILES string of the molecule is COC(=O)C1CC(C(=O)O)CCN1C(=O)OC(C)(C)C. The van der Waals surface area contributed by atoms with E-state index >= 15 is 0 Å². The number of methoxy groups -OCH3 is 1. The fourth-order valence-electron chi connectivity index (χ4n) is 2.09. The predicted octanol–water partition coefficient (Wildman–Crippen LogP) is 1.26. The molecule has 2 unspecified atom stereocenters. The molecule has 1 aliphatic heterocycles. The first kappa shape index (κ1) is 16.3. The average molecular weight is 287 g/mol. The van der Waals surface area contributed by atoms with Crippen LogP contribution < -0.4 is 0 Å². The van der Waals surface area contributed by atoms with Gasteiger partial charge in [0.1, 0.15) is 11.6 Å². The number of hydrogen-bond donors (Lipinski definition) is 1. The summed E-state index contributed by atoms with van der Waals surface area (Å²) in [6, 6.07) is -0.912. The molecule has 7 heteroatoms. The molecule has 0 saturated carbocycles. The first-order valence-electron chi connectivity index (χ1n) is 6.46. The van der Waals surface area contributed by atoms with E-state index in [1.54, 1.807) is 20.8 Å². The van der Waals surface area contributed by atoms with Gasteiger partial charge in [0.15, 0.2) is 0 Å². The summed E-state index contributed by atoms with van der Waals surface area (Å²) < 4.78 is 9.88. The highest BCUT2D eigenvalue weighted by Gasteiger charge is 2.40. The average Bonchev–Trinajstić information content (AvgIpc) is 2.34. The van der Waals surface area contributed by atoms with Crippen molar-refractivity contribution < 1.29 is 29.0 Å². The zero-order valence-corrected chi connectivity index (χ0v) is 12.2. The van der Waals surface area contributed by atoms with E-state index in [0.29, 0.717) is 6.42 Å². The first-order chi connectivity index (χ1) is 9.15. The van der Waals surface area contributed by atoms with E-state index in [4.69, 9.17) is 9.84 Å². The summed E-state index contributed by atoms with van der Waals surface area (Å²) in [5.74, 6) is -2.25. The van der Waals surface area contributed by atoms with Gasteiger partial charge in [-0.2, -0.15) is 0 Å². The van der Waals surface area contributed by atoms with Gasteiger partial charge in [-0.3, -0.25) is 9.69 Å². The molecule has 20 heavy (non-hydrogen) atoms. The number of nitrogens with zero attached hydrogens (tertiary/aromatic N) is 1. The molecule has 1 N–H and O–H groups in total. The molecule has 1 amide bonds. The second kappa shape index (κ2) is 6.11. The molecule has 1 rings (SSSR count). The Labute approximate surface area is 117 Å². The lowest BCUT2D eigenvalue weighted by atomic mass is 9.91. The van der Waals surface area contributed by atoms with Crippen molar-refractivity contribution >= 4 is 18.0 Å². The van der Waals surface area contributed by atoms with Gasteiger partial charge < -0.3 is 14.6 Å². The summed E-state index contributed by atoms with van der Waals surface area (Å²) in [7, 11) is 1.21. The maximum absolute atomic E-state index is 12.1. The van der Waals surface area contributed by atoms with E-state index in [2.05, 4.69) is 4.74 Å². The molecule has 1 fully saturated rings. The summed E-state index contributed by atoms with van der Waals surface area (Å²) in [4.78, 5) is 36.1. The summed E-state index contributed by atoms with van der Waals surface area (Å²) in [6.07, 6.45) is -0.291. The number of piperidine rings is 1. The van der Waals surface area contributed by atoms with Crippen LogP contribution in [0.15, 0.2) is 0 Å². The summed E-state index contributed by atoms with van der Waals surface area (Å²) in [6.45, 7) is 5.33. The Morgan fingerprint density at radius 1 is 1.25 bits per heavy atom. The van der Waals surface area contributed by atoms with Gasteiger partial charge in [0.25, 0.3) is 0 Å². The number of aliphatic carboxylic acids is 1. The van der Waals surface area contributed by atoms with Crippen molar-refractivity contribution in [2.45, 2.75) is 45.3 Å². The van der Waals surface area contributed by atoms with Crippen LogP contribution in [0, 0.1) is 5.92 Å². The Hall–Kier alpha value is -1.79. The third-order valence-electron chi connectivity index (χ3n) is 3.05. The second-order valence-corrected chi connectivity index (χ2v) is 5.77. The minimum Gasteiger partial charge on any atom is -0.481 e. The molecule has 7 nitrogen and oxygen atoms in total. The lowest BCUT2D eigenvalue weighted by molar-refractivity contribution is -0.152. The van der Waals surface area contributed by atoms with Gasteiger partial charge in [0.2, 0.25) is 0 Å². The lowest BCUT2D eigenvalue weighted by Crippen LogP contribution is -2.52. The molecule has 2 atom stereocenters. The summed E-state index contributed by atoms with van der Waals surface area (Å²) in [5.41, 5.74) is -0.679. The van der Waals surface area contributed by atoms with E-state index in [1.165, 1.54) is 12.0 Å². The van der Waals surface area contributed by atoms with Crippen LogP contribution in [-0.4, -0.2) is 53.3 Å². The number of hydrogen-bond acceptors (Lipinski definition) is 5. The van der Waals surface area contributed by atoms with Gasteiger partial charge >= 0.3 is 18.0 Å². The van der Waals surface area contributed by atoms with Crippen molar-refractivity contribution in [3.8, 4) is 0 Å². The fraction of sp³-hybridized carbons (Fsp3) is 0.769. The van der Waals surface area contributed by atoms with Crippen molar-refractivity contribution in [3.63, 3.8) is 0 Å². The van der Waals surface area contributed by atoms with Gasteiger partial charge in [0, 0.05) is 6.54 Å². The number of carboxylic acid groups (broad SMARTS) is 1. The van der Waals surface area contributed by atoms with Crippen LogP contribution in [0.3, 0.4) is 0 Å². The highest BCUT2D eigenvalue weighted by molar-refractivity contribution is 5.83. The predicted molar refractivity (Wildman–Crippen MR) is 69.1 cm³/mol. The Bertz CT molecular complexity index is 400. The smallest absolute Gasteiger partial charge is 0.411 e. The van der Waals surface area contributed by atoms with E-state index in [9.17, 15) is 14.4 Å². The largest absolute Gasteiger partial charge is 0.481 e. The molecule has 0 bridgehead atoms. The number of likely N-dealkylation sites (tertiary alicyclic amines) is 1. The van der Waals surface area contributed by atoms with E-state index in [0.717, 1.165) is 0 Å². The Balaban J connectivity index is 2.85.